The van der Waals surface area contributed by atoms with Crippen LogP contribution in [0.4, 0.5) is 0 Å². The predicted octanol–water partition coefficient (Wildman–Crippen LogP) is 0.236. The van der Waals surface area contributed by atoms with E-state index in [1.165, 1.54) is 16.7 Å². The molecule has 3 aliphatic heterocycles. The maximum atomic E-state index is 13.1. The molecule has 5 rings (SSSR count). The number of carboxylic acids is 1. The van der Waals surface area contributed by atoms with Gasteiger partial charge < -0.3 is 26.2 Å². The number of hydrogen-bond donors (Lipinski definition) is 4. The summed E-state index contributed by atoms with van der Waals surface area (Å²) >= 11 is 1.40. The zero-order valence-corrected chi connectivity index (χ0v) is 21.8. The molecule has 4 heterocycles. The monoisotopic (exact) mass is 550 g/mol. The number of carboxylic acid groups (broad SMARTS) is 1. The number of aliphatic carboxylic acids is 1. The molecule has 0 spiro atoms. The van der Waals surface area contributed by atoms with Crippen LogP contribution in [-0.2, 0) is 38.8 Å². The number of nitrogens with zero attached hydrogens (tertiary/aromatic N) is 3. The van der Waals surface area contributed by atoms with Crippen molar-refractivity contribution in [2.45, 2.75) is 37.5 Å². The van der Waals surface area contributed by atoms with Crippen LogP contribution in [0.15, 0.2) is 71.7 Å². The van der Waals surface area contributed by atoms with Crippen LogP contribution in [0.2, 0.25) is 0 Å². The molecule has 0 saturated carbocycles. The number of carbonyl (C=O) groups is 4. The lowest BCUT2D eigenvalue weighted by molar-refractivity contribution is -0.684. The van der Waals surface area contributed by atoms with Crippen molar-refractivity contribution in [3.05, 3.63) is 82.8 Å². The maximum absolute atomic E-state index is 13.1. The van der Waals surface area contributed by atoms with E-state index in [-0.39, 0.29) is 35.2 Å². The Bertz CT molecular complexity index is 1410. The number of allylic oxidation sites excluding steroid dienone is 1. The van der Waals surface area contributed by atoms with Gasteiger partial charge in [0.1, 0.15) is 22.9 Å². The van der Waals surface area contributed by atoms with Gasteiger partial charge in [0.2, 0.25) is 18.4 Å². The Balaban J connectivity index is 1.18. The van der Waals surface area contributed by atoms with Crippen molar-refractivity contribution in [3.8, 4) is 5.75 Å². The lowest BCUT2D eigenvalue weighted by Crippen LogP contribution is -2.68. The average molecular weight is 551 g/mol. The van der Waals surface area contributed by atoms with Crippen molar-refractivity contribution < 1.29 is 34.0 Å². The standard InChI is InChI=1S/C27H27N5O6S/c28-22-25(36)32-23(27(37)38)19(15-39-26(22)32)11-18-6-9-31(24(18)35)13-16-4-7-30(8-5-16)14-21(34)29-12-17-2-1-3-20(33)10-17/h1-5,7-8,10-11,22,26H,6,9,12-15,28H2,(H2-,29,33,34,37,38)/p+1/t22-,26-/m1/s1. The van der Waals surface area contributed by atoms with Gasteiger partial charge in [0.25, 0.3) is 5.91 Å². The molecule has 39 heavy (non-hydrogen) atoms. The topological polar surface area (TPSA) is 157 Å². The Morgan fingerprint density at radius 3 is 2.67 bits per heavy atom. The largest absolute Gasteiger partial charge is 0.508 e. The molecule has 0 unspecified atom stereocenters. The second-order valence-corrected chi connectivity index (χ2v) is 10.7. The van der Waals surface area contributed by atoms with Gasteiger partial charge in [0, 0.05) is 43.1 Å². The number of likely N-dealkylation sites (tertiary alicyclic amines) is 1. The highest BCUT2D eigenvalue weighted by Gasteiger charge is 2.51. The fraction of sp³-hybridized carbons (Fsp3) is 0.296. The van der Waals surface area contributed by atoms with Crippen LogP contribution in [0.25, 0.3) is 0 Å². The number of β-lactam (4-membered cyclic amide) rings is 1. The predicted molar refractivity (Wildman–Crippen MR) is 140 cm³/mol. The van der Waals surface area contributed by atoms with Gasteiger partial charge in [-0.15, -0.1) is 11.8 Å². The van der Waals surface area contributed by atoms with Crippen molar-refractivity contribution in [2.75, 3.05) is 12.3 Å². The third-order valence-electron chi connectivity index (χ3n) is 6.86. The first-order valence-corrected chi connectivity index (χ1v) is 13.5. The van der Waals surface area contributed by atoms with Gasteiger partial charge in [0.05, 0.1) is 0 Å². The van der Waals surface area contributed by atoms with Gasteiger partial charge in [-0.25, -0.2) is 4.79 Å². The summed E-state index contributed by atoms with van der Waals surface area (Å²) in [6.45, 7) is 1.31. The van der Waals surface area contributed by atoms with E-state index in [2.05, 4.69) is 5.32 Å². The summed E-state index contributed by atoms with van der Waals surface area (Å²) in [6, 6.07) is 9.68. The number of aromatic hydroxyl groups is 1. The Kier molecular flexibility index (Phi) is 7.40. The molecular weight excluding hydrogens is 522 g/mol. The van der Waals surface area contributed by atoms with Gasteiger partial charge in [0.15, 0.2) is 12.4 Å². The Morgan fingerprint density at radius 2 is 1.95 bits per heavy atom. The number of nitrogens with two attached hydrogens (primary N) is 1. The van der Waals surface area contributed by atoms with E-state index in [0.717, 1.165) is 11.1 Å². The Morgan fingerprint density at radius 1 is 1.18 bits per heavy atom. The molecule has 0 bridgehead atoms. The number of pyridine rings is 1. The zero-order valence-electron chi connectivity index (χ0n) is 20.9. The summed E-state index contributed by atoms with van der Waals surface area (Å²) in [5.41, 5.74) is 8.35. The fourth-order valence-corrected chi connectivity index (χ4v) is 6.07. The lowest BCUT2D eigenvalue weighted by Gasteiger charge is -2.47. The summed E-state index contributed by atoms with van der Waals surface area (Å²) in [4.78, 5) is 52.3. The quantitative estimate of drug-likeness (QED) is 0.207. The number of benzene rings is 1. The molecule has 12 heteroatoms. The highest BCUT2D eigenvalue weighted by molar-refractivity contribution is 8.00. The molecule has 3 aliphatic rings. The molecule has 3 amide bonds. The van der Waals surface area contributed by atoms with Crippen molar-refractivity contribution >= 4 is 35.5 Å². The Labute approximate surface area is 228 Å². The van der Waals surface area contributed by atoms with E-state index < -0.39 is 17.9 Å². The van der Waals surface area contributed by atoms with E-state index in [0.29, 0.717) is 43.0 Å². The van der Waals surface area contributed by atoms with Gasteiger partial charge in [-0.2, -0.15) is 4.57 Å². The molecule has 5 N–H and O–H groups in total. The van der Waals surface area contributed by atoms with Crippen molar-refractivity contribution in [1.82, 2.24) is 15.1 Å². The molecule has 1 aromatic heterocycles. The normalized spacial score (nSPS) is 21.7. The van der Waals surface area contributed by atoms with Crippen molar-refractivity contribution in [1.29, 1.82) is 0 Å². The van der Waals surface area contributed by atoms with E-state index in [4.69, 9.17) is 5.73 Å². The molecule has 2 atom stereocenters. The summed E-state index contributed by atoms with van der Waals surface area (Å²) in [7, 11) is 0. The highest BCUT2D eigenvalue weighted by Crippen LogP contribution is 2.40. The second kappa shape index (κ2) is 10.9. The van der Waals surface area contributed by atoms with Crippen LogP contribution in [0.3, 0.4) is 0 Å². The molecule has 0 aliphatic carbocycles. The molecule has 2 aromatic rings. The van der Waals surface area contributed by atoms with Gasteiger partial charge in [-0.3, -0.25) is 19.3 Å². The molecule has 1 aromatic carbocycles. The minimum Gasteiger partial charge on any atom is -0.508 e. The number of hydrogen-bond acceptors (Lipinski definition) is 7. The van der Waals surface area contributed by atoms with Crippen LogP contribution in [-0.4, -0.2) is 67.4 Å². The molecular formula is C27H28N5O6S+. The number of fused-ring (bicyclic) bond motifs is 1. The van der Waals surface area contributed by atoms with Gasteiger partial charge in [-0.1, -0.05) is 12.1 Å². The molecule has 2 saturated heterocycles. The van der Waals surface area contributed by atoms with Gasteiger partial charge in [-0.05, 0) is 41.3 Å². The average Bonchev–Trinajstić information content (AvgIpc) is 3.26. The van der Waals surface area contributed by atoms with Gasteiger partial charge >= 0.3 is 5.97 Å². The molecule has 2 fully saturated rings. The minimum absolute atomic E-state index is 0.0947. The summed E-state index contributed by atoms with van der Waals surface area (Å²) < 4.78 is 1.73. The van der Waals surface area contributed by atoms with Crippen LogP contribution in [0.1, 0.15) is 17.5 Å². The summed E-state index contributed by atoms with van der Waals surface area (Å²) in [5, 5.41) is 21.7. The first-order valence-electron chi connectivity index (χ1n) is 12.4. The summed E-state index contributed by atoms with van der Waals surface area (Å²) in [5.74, 6) is -1.47. The van der Waals surface area contributed by atoms with Crippen molar-refractivity contribution in [3.63, 3.8) is 0 Å². The number of amides is 3. The first kappa shape index (κ1) is 26.4. The fourth-order valence-electron chi connectivity index (χ4n) is 4.82. The van der Waals surface area contributed by atoms with E-state index in [1.54, 1.807) is 46.1 Å². The second-order valence-electron chi connectivity index (χ2n) is 9.59. The number of phenolic OH excluding ortho intramolecular Hbond substituents is 1. The molecule has 202 valence electrons. The van der Waals surface area contributed by atoms with E-state index >= 15 is 0 Å². The highest BCUT2D eigenvalue weighted by atomic mass is 32.2. The SMILES string of the molecule is N[C@@H]1C(=O)N2C(C(=O)O)=C(C=C3CCN(Cc4cc[n+](CC(=O)NCc5cccc(O)c5)cc4)C3=O)CS[C@H]12. The van der Waals surface area contributed by atoms with E-state index in [9.17, 15) is 29.4 Å². The van der Waals surface area contributed by atoms with Crippen LogP contribution in [0.5, 0.6) is 5.75 Å². The third-order valence-corrected chi connectivity index (χ3v) is 8.19. The molecule has 11 nitrogen and oxygen atoms in total. The van der Waals surface area contributed by atoms with Crippen LogP contribution >= 0.6 is 11.8 Å². The Hall–Kier alpha value is -4.16. The summed E-state index contributed by atoms with van der Waals surface area (Å²) in [6.07, 6.45) is 5.63. The maximum Gasteiger partial charge on any atom is 0.352 e. The third kappa shape index (κ3) is 5.52. The smallest absolute Gasteiger partial charge is 0.352 e. The minimum atomic E-state index is -1.21. The number of carbonyl (C=O) groups excluding carboxylic acids is 3. The molecule has 0 radical (unpaired) electrons. The number of phenols is 1. The van der Waals surface area contributed by atoms with Crippen molar-refractivity contribution in [2.24, 2.45) is 5.73 Å². The number of nitrogens with one attached hydrogen (secondary N) is 1. The van der Waals surface area contributed by atoms with Crippen LogP contribution in [0, 0.1) is 0 Å². The van der Waals surface area contributed by atoms with Crippen LogP contribution < -0.4 is 15.6 Å². The number of rotatable bonds is 8. The number of aromatic nitrogens is 1. The zero-order chi connectivity index (χ0) is 27.7. The first-order chi connectivity index (χ1) is 18.7. The lowest BCUT2D eigenvalue weighted by atomic mass is 10.0. The van der Waals surface area contributed by atoms with E-state index in [1.807, 2.05) is 18.2 Å². The number of thioether (sulfide) groups is 1.